The summed E-state index contributed by atoms with van der Waals surface area (Å²) in [5.41, 5.74) is 2.52. The summed E-state index contributed by atoms with van der Waals surface area (Å²) < 4.78 is 0. The Hall–Kier alpha value is -2.36. The molecule has 0 aromatic heterocycles. The van der Waals surface area contributed by atoms with Crippen LogP contribution < -0.4 is 5.32 Å². The summed E-state index contributed by atoms with van der Waals surface area (Å²) >= 11 is 0. The van der Waals surface area contributed by atoms with Crippen molar-refractivity contribution in [3.8, 4) is 0 Å². The first kappa shape index (κ1) is 10.2. The fourth-order valence-electron chi connectivity index (χ4n) is 1.35. The molecule has 4 heteroatoms. The van der Waals surface area contributed by atoms with Gasteiger partial charge in [-0.3, -0.25) is 4.99 Å². The largest absolute Gasteiger partial charge is 0.478 e. The second-order valence-electron chi connectivity index (χ2n) is 3.25. The van der Waals surface area contributed by atoms with E-state index >= 15 is 0 Å². The highest BCUT2D eigenvalue weighted by Gasteiger charge is 2.03. The topological polar surface area (TPSA) is 61.7 Å². The number of nitrogens with one attached hydrogen (secondary N) is 1. The van der Waals surface area contributed by atoms with E-state index in [-0.39, 0.29) is 0 Å². The zero-order valence-electron chi connectivity index (χ0n) is 8.42. The van der Waals surface area contributed by atoms with E-state index in [2.05, 4.69) is 10.3 Å². The van der Waals surface area contributed by atoms with Gasteiger partial charge in [-0.2, -0.15) is 0 Å². The molecule has 2 N–H and O–H groups in total. The van der Waals surface area contributed by atoms with Crippen molar-refractivity contribution >= 4 is 17.9 Å². The summed E-state index contributed by atoms with van der Waals surface area (Å²) in [6, 6.07) is 7.67. The standard InChI is InChI=1S/C12H10N2O2/c15-12(16)6-5-10-8-13-7-9-3-1-2-4-11(9)14-10/h1-8,14H,(H,15,16). The van der Waals surface area contributed by atoms with Gasteiger partial charge in [0.05, 0.1) is 11.9 Å². The van der Waals surface area contributed by atoms with Crippen molar-refractivity contribution in [3.05, 3.63) is 53.9 Å². The summed E-state index contributed by atoms with van der Waals surface area (Å²) in [6.45, 7) is 0. The van der Waals surface area contributed by atoms with Gasteiger partial charge in [-0.1, -0.05) is 18.2 Å². The minimum atomic E-state index is -0.982. The molecule has 0 unspecified atom stereocenters. The molecule has 80 valence electrons. The summed E-state index contributed by atoms with van der Waals surface area (Å²) in [5.74, 6) is -0.982. The molecule has 0 amide bonds. The fraction of sp³-hybridized carbons (Fsp3) is 0. The molecular formula is C12H10N2O2. The van der Waals surface area contributed by atoms with Crippen LogP contribution in [0.2, 0.25) is 0 Å². The normalized spacial score (nSPS) is 13.9. The number of anilines is 1. The van der Waals surface area contributed by atoms with E-state index in [0.29, 0.717) is 5.70 Å². The second kappa shape index (κ2) is 4.44. The molecule has 4 nitrogen and oxygen atoms in total. The number of aliphatic imine (C=N–C) groups is 1. The lowest BCUT2D eigenvalue weighted by molar-refractivity contribution is -0.131. The van der Waals surface area contributed by atoms with E-state index in [1.54, 1.807) is 12.4 Å². The molecule has 0 fully saturated rings. The van der Waals surface area contributed by atoms with Crippen LogP contribution in [0.1, 0.15) is 5.56 Å². The first-order chi connectivity index (χ1) is 7.75. The quantitative estimate of drug-likeness (QED) is 0.740. The molecule has 0 spiro atoms. The molecule has 0 bridgehead atoms. The van der Waals surface area contributed by atoms with E-state index in [1.807, 2.05) is 24.3 Å². The van der Waals surface area contributed by atoms with Crippen molar-refractivity contribution in [3.63, 3.8) is 0 Å². The molecule has 0 saturated carbocycles. The number of benzene rings is 1. The van der Waals surface area contributed by atoms with Crippen molar-refractivity contribution in [1.29, 1.82) is 0 Å². The number of fused-ring (bicyclic) bond motifs is 1. The van der Waals surface area contributed by atoms with Gasteiger partial charge in [0.1, 0.15) is 0 Å². The Balaban J connectivity index is 2.26. The molecule has 2 rings (SSSR count). The first-order valence-corrected chi connectivity index (χ1v) is 4.76. The monoisotopic (exact) mass is 214 g/mol. The third-order valence-electron chi connectivity index (χ3n) is 2.07. The summed E-state index contributed by atoms with van der Waals surface area (Å²) in [7, 11) is 0. The number of nitrogens with zero attached hydrogens (tertiary/aromatic N) is 1. The van der Waals surface area contributed by atoms with Crippen LogP contribution in [-0.4, -0.2) is 17.3 Å². The van der Waals surface area contributed by atoms with Gasteiger partial charge in [-0.15, -0.1) is 0 Å². The Labute approximate surface area is 92.6 Å². The molecule has 1 aromatic rings. The van der Waals surface area contributed by atoms with Gasteiger partial charge in [0, 0.05) is 23.5 Å². The molecule has 16 heavy (non-hydrogen) atoms. The van der Waals surface area contributed by atoms with Crippen LogP contribution in [0, 0.1) is 0 Å². The highest BCUT2D eigenvalue weighted by atomic mass is 16.4. The van der Waals surface area contributed by atoms with Gasteiger partial charge in [-0.05, 0) is 12.1 Å². The number of carboxylic acids is 1. The lowest BCUT2D eigenvalue weighted by atomic mass is 10.2. The van der Waals surface area contributed by atoms with E-state index < -0.39 is 5.97 Å². The van der Waals surface area contributed by atoms with Crippen molar-refractivity contribution < 1.29 is 9.90 Å². The lowest BCUT2D eigenvalue weighted by Crippen LogP contribution is -1.98. The molecule has 1 aliphatic heterocycles. The Morgan fingerprint density at radius 3 is 3.00 bits per heavy atom. The van der Waals surface area contributed by atoms with E-state index in [4.69, 9.17) is 5.11 Å². The third-order valence-corrected chi connectivity index (χ3v) is 2.07. The van der Waals surface area contributed by atoms with E-state index in [9.17, 15) is 4.79 Å². The molecule has 1 heterocycles. The highest BCUT2D eigenvalue weighted by molar-refractivity contribution is 5.90. The van der Waals surface area contributed by atoms with Crippen LogP contribution in [0.5, 0.6) is 0 Å². The Morgan fingerprint density at radius 2 is 2.19 bits per heavy atom. The lowest BCUT2D eigenvalue weighted by Gasteiger charge is -2.06. The maximum atomic E-state index is 10.4. The number of para-hydroxylation sites is 1. The highest BCUT2D eigenvalue weighted by Crippen LogP contribution is 2.18. The Bertz CT molecular complexity index is 501. The van der Waals surface area contributed by atoms with Crippen LogP contribution >= 0.6 is 0 Å². The fourth-order valence-corrected chi connectivity index (χ4v) is 1.35. The van der Waals surface area contributed by atoms with E-state index in [0.717, 1.165) is 17.3 Å². The van der Waals surface area contributed by atoms with Gasteiger partial charge in [-0.25, -0.2) is 4.79 Å². The van der Waals surface area contributed by atoms with Crippen molar-refractivity contribution in [2.45, 2.75) is 0 Å². The average Bonchev–Trinajstić information content (AvgIpc) is 2.47. The zero-order valence-corrected chi connectivity index (χ0v) is 8.42. The minimum absolute atomic E-state index is 0.642. The van der Waals surface area contributed by atoms with Crippen molar-refractivity contribution in [1.82, 2.24) is 0 Å². The Morgan fingerprint density at radius 1 is 1.38 bits per heavy atom. The smallest absolute Gasteiger partial charge is 0.328 e. The van der Waals surface area contributed by atoms with Crippen LogP contribution in [0.25, 0.3) is 0 Å². The van der Waals surface area contributed by atoms with Gasteiger partial charge in [0.2, 0.25) is 0 Å². The number of carboxylic acid groups (broad SMARTS) is 1. The maximum Gasteiger partial charge on any atom is 0.328 e. The SMILES string of the molecule is O=C(O)C=CC1=CN=Cc2ccccc2N1. The summed E-state index contributed by atoms with van der Waals surface area (Å²) in [4.78, 5) is 14.5. The maximum absolute atomic E-state index is 10.4. The second-order valence-corrected chi connectivity index (χ2v) is 3.25. The first-order valence-electron chi connectivity index (χ1n) is 4.76. The van der Waals surface area contributed by atoms with E-state index in [1.165, 1.54) is 6.08 Å². The van der Waals surface area contributed by atoms with Crippen LogP contribution in [0.4, 0.5) is 5.69 Å². The van der Waals surface area contributed by atoms with Crippen molar-refractivity contribution in [2.75, 3.05) is 5.32 Å². The molecule has 1 aliphatic rings. The molecule has 0 saturated heterocycles. The number of hydrogen-bond donors (Lipinski definition) is 2. The molecule has 0 aliphatic carbocycles. The Kier molecular flexibility index (Phi) is 2.82. The van der Waals surface area contributed by atoms with Gasteiger partial charge in [0.15, 0.2) is 0 Å². The van der Waals surface area contributed by atoms with Gasteiger partial charge < -0.3 is 10.4 Å². The number of rotatable bonds is 2. The molecule has 1 aromatic carbocycles. The number of aliphatic carboxylic acids is 1. The minimum Gasteiger partial charge on any atom is -0.478 e. The molecule has 0 atom stereocenters. The van der Waals surface area contributed by atoms with Crippen LogP contribution in [0.15, 0.2) is 53.3 Å². The summed E-state index contributed by atoms with van der Waals surface area (Å²) in [5, 5.41) is 11.6. The molecule has 0 radical (unpaired) electrons. The third kappa shape index (κ3) is 2.36. The number of carbonyl (C=O) groups is 1. The average molecular weight is 214 g/mol. The van der Waals surface area contributed by atoms with Crippen molar-refractivity contribution in [2.24, 2.45) is 4.99 Å². The summed E-state index contributed by atoms with van der Waals surface area (Å²) in [6.07, 6.45) is 5.85. The number of hydrogen-bond acceptors (Lipinski definition) is 3. The predicted molar refractivity (Wildman–Crippen MR) is 62.5 cm³/mol. The predicted octanol–water partition coefficient (Wildman–Crippen LogP) is 2.01. The molecular weight excluding hydrogens is 204 g/mol. The number of allylic oxidation sites excluding steroid dienone is 1. The van der Waals surface area contributed by atoms with Crippen LogP contribution in [0.3, 0.4) is 0 Å². The van der Waals surface area contributed by atoms with Gasteiger partial charge >= 0.3 is 5.97 Å². The van der Waals surface area contributed by atoms with Gasteiger partial charge in [0.25, 0.3) is 0 Å². The zero-order chi connectivity index (χ0) is 11.4. The van der Waals surface area contributed by atoms with Crippen LogP contribution in [-0.2, 0) is 4.79 Å².